The van der Waals surface area contributed by atoms with Crippen molar-refractivity contribution < 1.29 is 14.6 Å². The van der Waals surface area contributed by atoms with Gasteiger partial charge in [0.2, 0.25) is 0 Å². The van der Waals surface area contributed by atoms with E-state index in [1.807, 2.05) is 0 Å². The molecule has 3 rings (SSSR count). The fourth-order valence-electron chi connectivity index (χ4n) is 2.79. The Morgan fingerprint density at radius 2 is 1.96 bits per heavy atom. The maximum Gasteiger partial charge on any atom is 0.129 e. The molecule has 0 bridgehead atoms. The zero-order valence-electron chi connectivity index (χ0n) is 12.9. The summed E-state index contributed by atoms with van der Waals surface area (Å²) >= 11 is 6.09. The Hall–Kier alpha value is -2.21. The third-order valence-electron chi connectivity index (χ3n) is 3.95. The molecule has 3 aromatic rings. The molecule has 1 unspecified atom stereocenters. The minimum atomic E-state index is -1.19. The highest BCUT2D eigenvalue weighted by Crippen LogP contribution is 2.36. The fraction of sp³-hybridized carbons (Fsp3) is 0.167. The quantitative estimate of drug-likeness (QED) is 0.760. The lowest BCUT2D eigenvalue weighted by Crippen LogP contribution is -2.07. The van der Waals surface area contributed by atoms with Gasteiger partial charge in [0.1, 0.15) is 11.9 Å². The van der Waals surface area contributed by atoms with Crippen molar-refractivity contribution in [1.82, 2.24) is 9.78 Å². The second-order valence-corrected chi connectivity index (χ2v) is 5.89. The molecule has 24 heavy (non-hydrogen) atoms. The van der Waals surface area contributed by atoms with Crippen molar-refractivity contribution in [2.24, 2.45) is 7.05 Å². The molecule has 0 radical (unpaired) electrons. The molecule has 0 aliphatic heterocycles. The van der Waals surface area contributed by atoms with E-state index in [0.717, 1.165) is 0 Å². The van der Waals surface area contributed by atoms with Gasteiger partial charge in [-0.25, -0.2) is 4.39 Å². The van der Waals surface area contributed by atoms with Crippen molar-refractivity contribution >= 4 is 11.6 Å². The van der Waals surface area contributed by atoms with Crippen molar-refractivity contribution in [3.05, 3.63) is 76.2 Å². The minimum absolute atomic E-state index is 0.161. The van der Waals surface area contributed by atoms with E-state index < -0.39 is 11.9 Å². The van der Waals surface area contributed by atoms with Gasteiger partial charge in [0.25, 0.3) is 0 Å². The number of aliphatic hydroxyl groups excluding tert-OH is 2. The van der Waals surface area contributed by atoms with Crippen molar-refractivity contribution in [3.8, 4) is 11.3 Å². The van der Waals surface area contributed by atoms with Gasteiger partial charge in [-0.15, -0.1) is 0 Å². The molecule has 1 atom stereocenters. The van der Waals surface area contributed by atoms with E-state index in [-0.39, 0.29) is 12.2 Å². The molecule has 0 aliphatic carbocycles. The maximum atomic E-state index is 14.1. The van der Waals surface area contributed by atoms with E-state index in [4.69, 9.17) is 11.6 Å². The second-order valence-electron chi connectivity index (χ2n) is 5.46. The maximum absolute atomic E-state index is 14.1. The van der Waals surface area contributed by atoms with Gasteiger partial charge in [0.05, 0.1) is 18.5 Å². The Morgan fingerprint density at radius 3 is 2.67 bits per heavy atom. The number of aliphatic hydroxyl groups is 2. The van der Waals surface area contributed by atoms with Crippen LogP contribution in [0.25, 0.3) is 11.3 Å². The van der Waals surface area contributed by atoms with Crippen LogP contribution in [0, 0.1) is 5.82 Å². The van der Waals surface area contributed by atoms with Crippen LogP contribution < -0.4 is 0 Å². The summed E-state index contributed by atoms with van der Waals surface area (Å²) in [5.41, 5.74) is 2.51. The first-order chi connectivity index (χ1) is 11.5. The van der Waals surface area contributed by atoms with Gasteiger partial charge in [0, 0.05) is 28.8 Å². The van der Waals surface area contributed by atoms with Crippen molar-refractivity contribution in [3.63, 3.8) is 0 Å². The molecule has 1 aromatic heterocycles. The topological polar surface area (TPSA) is 58.3 Å². The number of benzene rings is 2. The zero-order valence-corrected chi connectivity index (χ0v) is 13.7. The Morgan fingerprint density at radius 1 is 1.21 bits per heavy atom. The lowest BCUT2D eigenvalue weighted by molar-refractivity contribution is 0.215. The van der Waals surface area contributed by atoms with Gasteiger partial charge in [-0.1, -0.05) is 35.9 Å². The molecule has 0 saturated heterocycles. The van der Waals surface area contributed by atoms with Gasteiger partial charge in [-0.2, -0.15) is 5.10 Å². The van der Waals surface area contributed by atoms with E-state index in [0.29, 0.717) is 27.4 Å². The number of hydrogen-bond donors (Lipinski definition) is 2. The molecule has 0 aliphatic rings. The Balaban J connectivity index is 2.20. The summed E-state index contributed by atoms with van der Waals surface area (Å²) in [5.74, 6) is -0.497. The number of halogens is 2. The van der Waals surface area contributed by atoms with Crippen LogP contribution in [0.3, 0.4) is 0 Å². The van der Waals surface area contributed by atoms with Gasteiger partial charge < -0.3 is 10.2 Å². The third-order valence-corrected chi connectivity index (χ3v) is 4.18. The summed E-state index contributed by atoms with van der Waals surface area (Å²) in [6.07, 6.45) is 0.366. The average molecular weight is 347 g/mol. The fourth-order valence-corrected chi connectivity index (χ4v) is 2.97. The molecule has 124 valence electrons. The van der Waals surface area contributed by atoms with Crippen LogP contribution in [0.4, 0.5) is 4.39 Å². The molecule has 6 heteroatoms. The van der Waals surface area contributed by atoms with Crippen LogP contribution in [0.15, 0.2) is 48.7 Å². The van der Waals surface area contributed by atoms with E-state index in [1.165, 1.54) is 12.1 Å². The third kappa shape index (κ3) is 2.94. The second kappa shape index (κ2) is 6.73. The van der Waals surface area contributed by atoms with Gasteiger partial charge in [0.15, 0.2) is 0 Å². The standard InChI is InChI=1S/C18H16ClFN2O2/c1-22-17(11(10-23)9-21-22)13-7-6-12(19)8-15(13)18(24)14-4-2-3-5-16(14)20/h2-9,18,23-24H,10H2,1H3. The highest BCUT2D eigenvalue weighted by molar-refractivity contribution is 6.30. The van der Waals surface area contributed by atoms with Gasteiger partial charge in [-0.3, -0.25) is 4.68 Å². The molecular weight excluding hydrogens is 331 g/mol. The summed E-state index contributed by atoms with van der Waals surface area (Å²) < 4.78 is 15.7. The molecule has 0 saturated carbocycles. The SMILES string of the molecule is Cn1ncc(CO)c1-c1ccc(Cl)cc1C(O)c1ccccc1F. The first-order valence-electron chi connectivity index (χ1n) is 7.37. The number of hydrogen-bond acceptors (Lipinski definition) is 3. The van der Waals surface area contributed by atoms with E-state index in [2.05, 4.69) is 5.10 Å². The molecule has 2 N–H and O–H groups in total. The van der Waals surface area contributed by atoms with Crippen molar-refractivity contribution in [1.29, 1.82) is 0 Å². The molecule has 0 amide bonds. The molecule has 4 nitrogen and oxygen atoms in total. The smallest absolute Gasteiger partial charge is 0.129 e. The molecule has 0 fully saturated rings. The number of aromatic nitrogens is 2. The summed E-state index contributed by atoms with van der Waals surface area (Å²) in [7, 11) is 1.74. The summed E-state index contributed by atoms with van der Waals surface area (Å²) in [6, 6.07) is 11.1. The average Bonchev–Trinajstić information content (AvgIpc) is 2.95. The molecule has 2 aromatic carbocycles. The summed E-state index contributed by atoms with van der Waals surface area (Å²) in [4.78, 5) is 0. The van der Waals surface area contributed by atoms with Crippen LogP contribution in [-0.2, 0) is 13.7 Å². The van der Waals surface area contributed by atoms with Crippen LogP contribution >= 0.6 is 11.6 Å². The van der Waals surface area contributed by atoms with Crippen molar-refractivity contribution in [2.75, 3.05) is 0 Å². The number of rotatable bonds is 4. The highest BCUT2D eigenvalue weighted by atomic mass is 35.5. The van der Waals surface area contributed by atoms with E-state index >= 15 is 0 Å². The van der Waals surface area contributed by atoms with Crippen LogP contribution in [0.5, 0.6) is 0 Å². The number of nitrogens with zero attached hydrogens (tertiary/aromatic N) is 2. The summed E-state index contributed by atoms with van der Waals surface area (Å²) in [5, 5.41) is 24.8. The van der Waals surface area contributed by atoms with Crippen molar-refractivity contribution in [2.45, 2.75) is 12.7 Å². The lowest BCUT2D eigenvalue weighted by atomic mass is 9.93. The number of aryl methyl sites for hydroxylation is 1. The lowest BCUT2D eigenvalue weighted by Gasteiger charge is -2.18. The first kappa shape index (κ1) is 16.6. The Labute approximate surface area is 143 Å². The van der Waals surface area contributed by atoms with E-state index in [9.17, 15) is 14.6 Å². The zero-order chi connectivity index (χ0) is 17.3. The Kier molecular flexibility index (Phi) is 4.66. The predicted molar refractivity (Wildman–Crippen MR) is 90.0 cm³/mol. The van der Waals surface area contributed by atoms with E-state index in [1.54, 1.807) is 48.3 Å². The van der Waals surface area contributed by atoms with Crippen LogP contribution in [0.2, 0.25) is 5.02 Å². The first-order valence-corrected chi connectivity index (χ1v) is 7.74. The molecule has 1 heterocycles. The van der Waals surface area contributed by atoms with Crippen LogP contribution in [0.1, 0.15) is 22.8 Å². The normalized spacial score (nSPS) is 12.4. The van der Waals surface area contributed by atoms with Gasteiger partial charge >= 0.3 is 0 Å². The largest absolute Gasteiger partial charge is 0.392 e. The molecule has 0 spiro atoms. The predicted octanol–water partition coefficient (Wildman–Crippen LogP) is 3.45. The minimum Gasteiger partial charge on any atom is -0.392 e. The monoisotopic (exact) mass is 346 g/mol. The van der Waals surface area contributed by atoms with Gasteiger partial charge in [-0.05, 0) is 23.8 Å². The highest BCUT2D eigenvalue weighted by Gasteiger charge is 2.22. The Bertz CT molecular complexity index is 879. The van der Waals surface area contributed by atoms with Crippen LogP contribution in [-0.4, -0.2) is 20.0 Å². The summed E-state index contributed by atoms with van der Waals surface area (Å²) in [6.45, 7) is -0.193. The molecular formula is C18H16ClFN2O2.